The summed E-state index contributed by atoms with van der Waals surface area (Å²) in [4.78, 5) is 14.3. The summed E-state index contributed by atoms with van der Waals surface area (Å²) in [6, 6.07) is 0. The summed E-state index contributed by atoms with van der Waals surface area (Å²) in [7, 11) is 0. The number of nitrogens with two attached hydrogens (primary N) is 1. The number of carbonyl (C=O) groups excluding carboxylic acids is 1. The number of hydrogen-bond donors (Lipinski definition) is 2. The van der Waals surface area contributed by atoms with Crippen molar-refractivity contribution in [3.63, 3.8) is 0 Å². The molecule has 0 aromatic rings. The summed E-state index contributed by atoms with van der Waals surface area (Å²) in [5, 5.41) is 3.28. The first-order valence-electron chi connectivity index (χ1n) is 6.94. The zero-order chi connectivity index (χ0) is 12.1. The van der Waals surface area contributed by atoms with Gasteiger partial charge in [-0.15, -0.1) is 0 Å². The van der Waals surface area contributed by atoms with Crippen molar-refractivity contribution >= 4 is 5.91 Å². The van der Waals surface area contributed by atoms with Gasteiger partial charge in [-0.05, 0) is 24.8 Å². The minimum absolute atomic E-state index is 0.111. The summed E-state index contributed by atoms with van der Waals surface area (Å²) in [6.07, 6.45) is 6.74. The van der Waals surface area contributed by atoms with Crippen molar-refractivity contribution in [1.82, 2.24) is 10.2 Å². The van der Waals surface area contributed by atoms with Crippen molar-refractivity contribution in [2.75, 3.05) is 32.7 Å². The molecule has 0 aromatic carbocycles. The van der Waals surface area contributed by atoms with Crippen molar-refractivity contribution in [3.8, 4) is 0 Å². The van der Waals surface area contributed by atoms with Crippen LogP contribution in [0.3, 0.4) is 0 Å². The highest BCUT2D eigenvalue weighted by Gasteiger charge is 2.34. The Balaban J connectivity index is 1.90. The molecule has 98 valence electrons. The third-order valence-corrected chi connectivity index (χ3v) is 4.34. The average molecular weight is 239 g/mol. The lowest BCUT2D eigenvalue weighted by Crippen LogP contribution is -2.48. The Hall–Kier alpha value is -0.610. The Morgan fingerprint density at radius 1 is 1.18 bits per heavy atom. The fraction of sp³-hybridized carbons (Fsp3) is 0.923. The van der Waals surface area contributed by atoms with Crippen LogP contribution in [0.25, 0.3) is 0 Å². The lowest BCUT2D eigenvalue weighted by Gasteiger charge is -2.38. The Kier molecular flexibility index (Phi) is 4.40. The highest BCUT2D eigenvalue weighted by atomic mass is 16.2. The predicted octanol–water partition coefficient (Wildman–Crippen LogP) is 0.717. The van der Waals surface area contributed by atoms with Crippen LogP contribution in [0.5, 0.6) is 0 Å². The lowest BCUT2D eigenvalue weighted by atomic mass is 9.71. The van der Waals surface area contributed by atoms with Gasteiger partial charge >= 0.3 is 0 Å². The standard InChI is InChI=1S/C13H25N3O/c14-11-13(4-2-1-3-5-13)10-12(17)16-8-6-15-7-9-16/h15H,1-11,14H2. The van der Waals surface area contributed by atoms with E-state index in [9.17, 15) is 4.79 Å². The Bertz CT molecular complexity index is 255. The van der Waals surface area contributed by atoms with Gasteiger partial charge < -0.3 is 16.0 Å². The van der Waals surface area contributed by atoms with Gasteiger partial charge in [0.25, 0.3) is 0 Å². The molecule has 0 bridgehead atoms. The van der Waals surface area contributed by atoms with Crippen molar-refractivity contribution in [2.24, 2.45) is 11.1 Å². The van der Waals surface area contributed by atoms with Gasteiger partial charge in [-0.3, -0.25) is 4.79 Å². The quantitative estimate of drug-likeness (QED) is 0.763. The molecule has 2 aliphatic rings. The maximum atomic E-state index is 12.3. The van der Waals surface area contributed by atoms with Crippen LogP contribution < -0.4 is 11.1 Å². The van der Waals surface area contributed by atoms with Crippen molar-refractivity contribution in [3.05, 3.63) is 0 Å². The van der Waals surface area contributed by atoms with Gasteiger partial charge in [-0.1, -0.05) is 19.3 Å². The number of carbonyl (C=O) groups is 1. The fourth-order valence-electron chi connectivity index (χ4n) is 3.10. The smallest absolute Gasteiger partial charge is 0.223 e. The molecule has 17 heavy (non-hydrogen) atoms. The first-order valence-corrected chi connectivity index (χ1v) is 6.94. The molecule has 0 aromatic heterocycles. The summed E-state index contributed by atoms with van der Waals surface area (Å²) < 4.78 is 0. The molecule has 1 saturated heterocycles. The first-order chi connectivity index (χ1) is 8.26. The van der Waals surface area contributed by atoms with Crippen LogP contribution in [-0.4, -0.2) is 43.5 Å². The Labute approximate surface area is 104 Å². The number of rotatable bonds is 3. The molecule has 0 spiro atoms. The van der Waals surface area contributed by atoms with Crippen LogP contribution in [0.1, 0.15) is 38.5 Å². The van der Waals surface area contributed by atoms with Gasteiger partial charge in [-0.2, -0.15) is 0 Å². The number of piperazine rings is 1. The van der Waals surface area contributed by atoms with Crippen molar-refractivity contribution in [1.29, 1.82) is 0 Å². The van der Waals surface area contributed by atoms with Gasteiger partial charge in [-0.25, -0.2) is 0 Å². The van der Waals surface area contributed by atoms with Crippen LogP contribution in [0.4, 0.5) is 0 Å². The molecule has 0 atom stereocenters. The molecule has 2 fully saturated rings. The summed E-state index contributed by atoms with van der Waals surface area (Å²) >= 11 is 0. The molecular formula is C13H25N3O. The van der Waals surface area contributed by atoms with Gasteiger partial charge in [0.2, 0.25) is 5.91 Å². The van der Waals surface area contributed by atoms with E-state index in [1.807, 2.05) is 4.90 Å². The van der Waals surface area contributed by atoms with Crippen molar-refractivity contribution in [2.45, 2.75) is 38.5 Å². The second kappa shape index (κ2) is 5.83. The molecule has 3 N–H and O–H groups in total. The van der Waals surface area contributed by atoms with E-state index < -0.39 is 0 Å². The molecule has 0 radical (unpaired) electrons. The van der Waals surface area contributed by atoms with Crippen LogP contribution in [0.2, 0.25) is 0 Å². The molecule has 4 nitrogen and oxygen atoms in total. The number of amides is 1. The predicted molar refractivity (Wildman–Crippen MR) is 68.6 cm³/mol. The van der Waals surface area contributed by atoms with Crippen LogP contribution >= 0.6 is 0 Å². The van der Waals surface area contributed by atoms with Gasteiger partial charge in [0, 0.05) is 32.6 Å². The topological polar surface area (TPSA) is 58.4 Å². The van der Waals surface area contributed by atoms with E-state index in [0.29, 0.717) is 18.9 Å². The third kappa shape index (κ3) is 3.19. The van der Waals surface area contributed by atoms with E-state index in [2.05, 4.69) is 5.32 Å². The van der Waals surface area contributed by atoms with E-state index >= 15 is 0 Å². The normalized spacial score (nSPS) is 24.6. The SMILES string of the molecule is NCC1(CC(=O)N2CCNCC2)CCCCC1. The highest BCUT2D eigenvalue weighted by Crippen LogP contribution is 2.38. The average Bonchev–Trinajstić information content (AvgIpc) is 2.41. The number of nitrogens with one attached hydrogen (secondary N) is 1. The number of hydrogen-bond acceptors (Lipinski definition) is 3. The van der Waals surface area contributed by atoms with Gasteiger partial charge in [0.05, 0.1) is 0 Å². The summed E-state index contributed by atoms with van der Waals surface area (Å²) in [5.41, 5.74) is 6.04. The molecule has 1 heterocycles. The first kappa shape index (κ1) is 12.8. The van der Waals surface area contributed by atoms with Crippen LogP contribution in [-0.2, 0) is 4.79 Å². The van der Waals surface area contributed by atoms with Crippen molar-refractivity contribution < 1.29 is 4.79 Å². The maximum absolute atomic E-state index is 12.3. The Morgan fingerprint density at radius 3 is 2.41 bits per heavy atom. The van der Waals surface area contributed by atoms with E-state index in [0.717, 1.165) is 39.0 Å². The molecule has 1 aliphatic carbocycles. The molecule has 1 saturated carbocycles. The second-order valence-electron chi connectivity index (χ2n) is 5.57. The van der Waals surface area contributed by atoms with E-state index in [4.69, 9.17) is 5.73 Å². The largest absolute Gasteiger partial charge is 0.340 e. The second-order valence-corrected chi connectivity index (χ2v) is 5.57. The summed E-state index contributed by atoms with van der Waals surface area (Å²) in [6.45, 7) is 4.26. The molecule has 0 unspecified atom stereocenters. The van der Waals surface area contributed by atoms with E-state index in [1.165, 1.54) is 19.3 Å². The lowest BCUT2D eigenvalue weighted by molar-refractivity contribution is -0.134. The maximum Gasteiger partial charge on any atom is 0.223 e. The molecule has 1 amide bonds. The van der Waals surface area contributed by atoms with Crippen LogP contribution in [0, 0.1) is 5.41 Å². The fourth-order valence-corrected chi connectivity index (χ4v) is 3.10. The minimum atomic E-state index is 0.111. The molecule has 4 heteroatoms. The van der Waals surface area contributed by atoms with Gasteiger partial charge in [0.1, 0.15) is 0 Å². The van der Waals surface area contributed by atoms with Crippen LogP contribution in [0.15, 0.2) is 0 Å². The minimum Gasteiger partial charge on any atom is -0.340 e. The zero-order valence-electron chi connectivity index (χ0n) is 10.7. The highest BCUT2D eigenvalue weighted by molar-refractivity contribution is 5.77. The Morgan fingerprint density at radius 2 is 1.82 bits per heavy atom. The molecular weight excluding hydrogens is 214 g/mol. The molecule has 2 rings (SSSR count). The van der Waals surface area contributed by atoms with Gasteiger partial charge in [0.15, 0.2) is 0 Å². The monoisotopic (exact) mass is 239 g/mol. The third-order valence-electron chi connectivity index (χ3n) is 4.34. The number of nitrogens with zero attached hydrogens (tertiary/aromatic N) is 1. The van der Waals surface area contributed by atoms with E-state index in [-0.39, 0.29) is 5.41 Å². The zero-order valence-corrected chi connectivity index (χ0v) is 10.7. The van der Waals surface area contributed by atoms with E-state index in [1.54, 1.807) is 0 Å². The summed E-state index contributed by atoms with van der Waals surface area (Å²) in [5.74, 6) is 0.318. The molecule has 1 aliphatic heterocycles.